The lowest BCUT2D eigenvalue weighted by molar-refractivity contribution is -0.273. The summed E-state index contributed by atoms with van der Waals surface area (Å²) in [6.45, 7) is -0.847. The number of aliphatic hydroxyl groups is 1. The molecule has 1 aliphatic heterocycles. The van der Waals surface area contributed by atoms with E-state index in [4.69, 9.17) is 0 Å². The third-order valence-corrected chi connectivity index (χ3v) is 3.79. The van der Waals surface area contributed by atoms with E-state index in [1.807, 2.05) is 0 Å². The number of piperidine rings is 1. The van der Waals surface area contributed by atoms with Crippen LogP contribution in [-0.4, -0.2) is 52.4 Å². The van der Waals surface area contributed by atoms with Crippen molar-refractivity contribution in [2.24, 2.45) is 0 Å². The number of halogens is 7. The van der Waals surface area contributed by atoms with Crippen LogP contribution in [0.3, 0.4) is 0 Å². The van der Waals surface area contributed by atoms with Gasteiger partial charge in [0.15, 0.2) is 5.60 Å². The number of alkyl halides is 7. The smallest absolute Gasteiger partial charge is 0.380 e. The highest BCUT2D eigenvalue weighted by Gasteiger charge is 2.54. The average Bonchev–Trinajstić information content (AvgIpc) is 2.18. The summed E-state index contributed by atoms with van der Waals surface area (Å²) < 4.78 is 74.1. The summed E-state index contributed by atoms with van der Waals surface area (Å²) in [6, 6.07) is 0. The van der Waals surface area contributed by atoms with Crippen LogP contribution in [0.5, 0.6) is 0 Å². The molecule has 0 bridgehead atoms. The van der Waals surface area contributed by atoms with Crippen LogP contribution in [-0.2, 0) is 0 Å². The molecule has 1 saturated heterocycles. The minimum Gasteiger partial charge on any atom is -0.380 e. The van der Waals surface area contributed by atoms with Crippen LogP contribution in [0.4, 0.5) is 26.3 Å². The Labute approximate surface area is 108 Å². The van der Waals surface area contributed by atoms with Crippen LogP contribution < -0.4 is 0 Å². The van der Waals surface area contributed by atoms with Gasteiger partial charge in [-0.15, -0.1) is 0 Å². The van der Waals surface area contributed by atoms with Crippen LogP contribution in [0.25, 0.3) is 0 Å². The molecule has 1 atom stereocenters. The van der Waals surface area contributed by atoms with Gasteiger partial charge in [-0.2, -0.15) is 26.3 Å². The molecule has 1 rings (SSSR count). The van der Waals surface area contributed by atoms with E-state index in [0.717, 1.165) is 0 Å². The van der Waals surface area contributed by atoms with Gasteiger partial charge in [0.05, 0.1) is 0 Å². The van der Waals surface area contributed by atoms with Crippen molar-refractivity contribution in [2.45, 2.75) is 35.6 Å². The summed E-state index contributed by atoms with van der Waals surface area (Å²) in [5.41, 5.74) is -2.77. The van der Waals surface area contributed by atoms with E-state index in [0.29, 0.717) is 0 Å². The maximum atomic E-state index is 12.4. The molecule has 0 spiro atoms. The molecule has 0 aromatic rings. The molecule has 18 heavy (non-hydrogen) atoms. The molecule has 9 heteroatoms. The number of rotatable bonds is 2. The summed E-state index contributed by atoms with van der Waals surface area (Å²) >= 11 is 2.45. The molecule has 2 nitrogen and oxygen atoms in total. The van der Waals surface area contributed by atoms with E-state index in [2.05, 4.69) is 15.9 Å². The Kier molecular flexibility index (Phi) is 4.60. The zero-order valence-corrected chi connectivity index (χ0v) is 10.7. The summed E-state index contributed by atoms with van der Waals surface area (Å²) in [5, 5.41) is 9.33. The first-order valence-corrected chi connectivity index (χ1v) is 6.09. The molecule has 0 amide bonds. The number of hydrogen-bond donors (Lipinski definition) is 1. The van der Waals surface area contributed by atoms with Gasteiger partial charge >= 0.3 is 12.4 Å². The molecule has 0 aromatic heterocycles. The van der Waals surface area contributed by atoms with Crippen molar-refractivity contribution in [3.05, 3.63) is 0 Å². The molecule has 1 heterocycles. The first kappa shape index (κ1) is 16.0. The van der Waals surface area contributed by atoms with Gasteiger partial charge in [0.1, 0.15) is 4.83 Å². The normalized spacial score (nSPS) is 24.0. The average molecular weight is 344 g/mol. The zero-order valence-electron chi connectivity index (χ0n) is 9.15. The Morgan fingerprint density at radius 3 is 1.89 bits per heavy atom. The predicted molar refractivity (Wildman–Crippen MR) is 55.4 cm³/mol. The van der Waals surface area contributed by atoms with Gasteiger partial charge < -0.3 is 10.0 Å². The third kappa shape index (κ3) is 3.74. The predicted octanol–water partition coefficient (Wildman–Crippen LogP) is 2.70. The van der Waals surface area contributed by atoms with Crippen molar-refractivity contribution < 1.29 is 31.4 Å². The molecule has 0 radical (unpaired) electrons. The van der Waals surface area contributed by atoms with Gasteiger partial charge in [-0.1, -0.05) is 15.9 Å². The molecule has 1 unspecified atom stereocenters. The van der Waals surface area contributed by atoms with E-state index < -0.39 is 42.2 Å². The first-order chi connectivity index (χ1) is 7.96. The maximum Gasteiger partial charge on any atom is 0.417 e. The molecular weight excluding hydrogens is 332 g/mol. The van der Waals surface area contributed by atoms with E-state index in [1.54, 1.807) is 0 Å². The van der Waals surface area contributed by atoms with Crippen molar-refractivity contribution in [1.82, 2.24) is 4.90 Å². The van der Waals surface area contributed by atoms with Gasteiger partial charge in [0.25, 0.3) is 0 Å². The monoisotopic (exact) mass is 343 g/mol. The summed E-state index contributed by atoms with van der Waals surface area (Å²) in [4.78, 5) is -0.519. The fourth-order valence-corrected chi connectivity index (χ4v) is 2.13. The topological polar surface area (TPSA) is 23.5 Å². The fourth-order valence-electron chi connectivity index (χ4n) is 1.72. The minimum atomic E-state index is -4.74. The minimum absolute atomic E-state index is 0.214. The van der Waals surface area contributed by atoms with Gasteiger partial charge in [-0.25, -0.2) is 0 Å². The van der Waals surface area contributed by atoms with E-state index >= 15 is 0 Å². The van der Waals surface area contributed by atoms with Crippen LogP contribution in [0.2, 0.25) is 0 Å². The number of hydrogen-bond acceptors (Lipinski definition) is 2. The lowest BCUT2D eigenvalue weighted by Crippen LogP contribution is -2.54. The lowest BCUT2D eigenvalue weighted by atomic mass is 9.91. The van der Waals surface area contributed by atoms with Crippen molar-refractivity contribution in [3.8, 4) is 0 Å². The Morgan fingerprint density at radius 1 is 1.11 bits per heavy atom. The number of likely N-dealkylation sites (tertiary alicyclic amines) is 1. The summed E-state index contributed by atoms with van der Waals surface area (Å²) in [5.74, 6) is 0. The maximum absolute atomic E-state index is 12.4. The van der Waals surface area contributed by atoms with Crippen molar-refractivity contribution in [1.29, 1.82) is 0 Å². The molecule has 0 saturated carbocycles. The lowest BCUT2D eigenvalue weighted by Gasteiger charge is -2.39. The second kappa shape index (κ2) is 5.16. The fraction of sp³-hybridized carbons (Fsp3) is 1.00. The van der Waals surface area contributed by atoms with Gasteiger partial charge in [0.2, 0.25) is 0 Å². The summed E-state index contributed by atoms with van der Waals surface area (Å²) in [7, 11) is 0. The van der Waals surface area contributed by atoms with Crippen LogP contribution in [0.15, 0.2) is 0 Å². The van der Waals surface area contributed by atoms with Crippen molar-refractivity contribution in [2.75, 3.05) is 19.6 Å². The molecule has 0 aliphatic carbocycles. The van der Waals surface area contributed by atoms with E-state index in [1.165, 1.54) is 4.90 Å². The highest BCUT2D eigenvalue weighted by Crippen LogP contribution is 2.38. The van der Waals surface area contributed by atoms with Crippen molar-refractivity contribution in [3.63, 3.8) is 0 Å². The molecular formula is C9H12BrF6NO. The van der Waals surface area contributed by atoms with Gasteiger partial charge in [-0.05, 0) is 12.8 Å². The number of nitrogens with zero attached hydrogens (tertiary/aromatic N) is 1. The van der Waals surface area contributed by atoms with Crippen LogP contribution in [0.1, 0.15) is 12.8 Å². The SMILES string of the molecule is OC1(C(F)(F)F)CCN(CC(Br)C(F)(F)F)CC1. The second-order valence-corrected chi connectivity index (χ2v) is 5.44. The molecule has 1 fully saturated rings. The summed E-state index contributed by atoms with van der Waals surface area (Å²) in [6.07, 6.45) is -10.4. The molecule has 108 valence electrons. The van der Waals surface area contributed by atoms with E-state index in [-0.39, 0.29) is 13.1 Å². The van der Waals surface area contributed by atoms with Crippen LogP contribution >= 0.6 is 15.9 Å². The highest BCUT2D eigenvalue weighted by molar-refractivity contribution is 9.09. The Hall–Kier alpha value is -0.0200. The third-order valence-electron chi connectivity index (χ3n) is 2.98. The zero-order chi connectivity index (χ0) is 14.2. The largest absolute Gasteiger partial charge is 0.417 e. The Balaban J connectivity index is 2.50. The van der Waals surface area contributed by atoms with Crippen LogP contribution in [0, 0.1) is 0 Å². The quantitative estimate of drug-likeness (QED) is 0.615. The Morgan fingerprint density at radius 2 is 1.56 bits per heavy atom. The van der Waals surface area contributed by atoms with E-state index in [9.17, 15) is 31.4 Å². The highest BCUT2D eigenvalue weighted by atomic mass is 79.9. The molecule has 1 N–H and O–H groups in total. The van der Waals surface area contributed by atoms with Gasteiger partial charge in [0, 0.05) is 19.6 Å². The standard InChI is InChI=1S/C9H12BrF6NO/c10-6(8(11,12)13)5-17-3-1-7(18,2-4-17)9(14,15)16/h6,18H,1-5H2. The first-order valence-electron chi connectivity index (χ1n) is 5.18. The second-order valence-electron chi connectivity index (χ2n) is 4.34. The molecule has 1 aliphatic rings. The van der Waals surface area contributed by atoms with Crippen molar-refractivity contribution >= 4 is 15.9 Å². The van der Waals surface area contributed by atoms with Gasteiger partial charge in [-0.3, -0.25) is 0 Å². The molecule has 0 aromatic carbocycles. The Bertz CT molecular complexity index is 284.